The van der Waals surface area contributed by atoms with E-state index in [1.807, 2.05) is 72.8 Å². The number of hydrogen-bond acceptors (Lipinski definition) is 9. The molecule has 5 N–H and O–H groups in total. The van der Waals surface area contributed by atoms with Crippen molar-refractivity contribution >= 4 is 5.97 Å². The molecule has 2 aliphatic rings. The Bertz CT molecular complexity index is 1140. The summed E-state index contributed by atoms with van der Waals surface area (Å²) in [6.07, 6.45) is 7.29. The molecule has 0 saturated carbocycles. The molecule has 2 aliphatic heterocycles. The molecule has 0 spiro atoms. The average molecular weight is 663 g/mol. The molecule has 9 nitrogen and oxygen atoms in total. The summed E-state index contributed by atoms with van der Waals surface area (Å²) >= 11 is 0. The number of cyclic esters (lactones) is 1. The summed E-state index contributed by atoms with van der Waals surface area (Å²) < 4.78 is 17.6. The molecule has 2 unspecified atom stereocenters. The smallest absolute Gasteiger partial charge is 0.373 e. The molecule has 47 heavy (non-hydrogen) atoms. The highest BCUT2D eigenvalue weighted by atomic mass is 16.6. The number of ether oxygens (including phenoxy) is 3. The van der Waals surface area contributed by atoms with E-state index in [1.54, 1.807) is 19.9 Å². The van der Waals surface area contributed by atoms with Crippen LogP contribution in [0, 0.1) is 35.5 Å². The molecule has 9 heteroatoms. The molecule has 268 valence electrons. The largest absolute Gasteiger partial charge is 0.490 e. The van der Waals surface area contributed by atoms with Crippen molar-refractivity contribution in [2.75, 3.05) is 7.11 Å². The lowest BCUT2D eigenvalue weighted by atomic mass is 9.79. The van der Waals surface area contributed by atoms with E-state index in [0.717, 1.165) is 5.57 Å². The number of rotatable bonds is 7. The second-order valence-corrected chi connectivity index (χ2v) is 14.0. The Balaban J connectivity index is 2.49. The molecule has 0 bridgehead atoms. The monoisotopic (exact) mass is 662 g/mol. The highest BCUT2D eigenvalue weighted by Crippen LogP contribution is 2.34. The predicted octanol–water partition coefficient (Wildman–Crippen LogP) is 5.03. The van der Waals surface area contributed by atoms with E-state index in [0.29, 0.717) is 24.8 Å². The van der Waals surface area contributed by atoms with Gasteiger partial charge >= 0.3 is 5.97 Å². The second-order valence-electron chi connectivity index (χ2n) is 14.0. The first-order valence-corrected chi connectivity index (χ1v) is 17.2. The van der Waals surface area contributed by atoms with Crippen LogP contribution in [0.2, 0.25) is 0 Å². The summed E-state index contributed by atoms with van der Waals surface area (Å²) in [7, 11) is 1.35. The van der Waals surface area contributed by atoms with Crippen LogP contribution in [0.5, 0.6) is 0 Å². The van der Waals surface area contributed by atoms with Gasteiger partial charge in [-0.1, -0.05) is 89.1 Å². The molecule has 2 rings (SSSR count). The lowest BCUT2D eigenvalue weighted by Crippen LogP contribution is -2.50. The zero-order valence-electron chi connectivity index (χ0n) is 30.1. The number of carbonyl (C=O) groups excluding carboxylic acids is 1. The van der Waals surface area contributed by atoms with Gasteiger partial charge in [0.1, 0.15) is 12.2 Å². The first-order chi connectivity index (χ1) is 22.1. The fraction of sp³-hybridized carbons (Fsp3) is 0.711. The molecule has 0 aromatic heterocycles. The molecule has 0 radical (unpaired) electrons. The van der Waals surface area contributed by atoms with Crippen LogP contribution in [0.1, 0.15) is 81.6 Å². The van der Waals surface area contributed by atoms with E-state index in [4.69, 9.17) is 14.2 Å². The standard InChI is InChI=1S/C38H62O9/c1-11-14-31-25(7)30(40)20-32(46-31)26(8)36(43)27(9)37-29(39)16-13-15-21(3)17-23(5)34(41)28(12-2)35(42)24(6)18-22(4)19-33(45-10)38(44)47-37/h11,13-16,18-19,23-32,34-37,39-43H,12,17,20H2,1-10H3/b14-11+,16-13+,21-15+,22-18+,33-19-/t23-,24-,25+,26-,27+,28+,29+,30-,31-,32?,34+,35-,36+,37?/m1/s1. The van der Waals surface area contributed by atoms with E-state index in [2.05, 4.69) is 0 Å². The minimum absolute atomic E-state index is 0.0993. The summed E-state index contributed by atoms with van der Waals surface area (Å²) in [5, 5.41) is 56.1. The van der Waals surface area contributed by atoms with E-state index in [-0.39, 0.29) is 35.5 Å². The van der Waals surface area contributed by atoms with Crippen molar-refractivity contribution < 1.29 is 44.5 Å². The lowest BCUT2D eigenvalue weighted by Gasteiger charge is -2.42. The summed E-state index contributed by atoms with van der Waals surface area (Å²) in [6.45, 7) is 16.9. The van der Waals surface area contributed by atoms with Gasteiger partial charge in [0.05, 0.1) is 43.7 Å². The number of carbonyl (C=O) groups is 1. The normalized spacial score (nSPS) is 41.5. The zero-order chi connectivity index (χ0) is 35.6. The third-order valence-corrected chi connectivity index (χ3v) is 10.2. The van der Waals surface area contributed by atoms with E-state index in [1.165, 1.54) is 19.3 Å². The maximum absolute atomic E-state index is 13.5. The van der Waals surface area contributed by atoms with Crippen molar-refractivity contribution in [3.8, 4) is 0 Å². The van der Waals surface area contributed by atoms with Crippen molar-refractivity contribution in [1.82, 2.24) is 0 Å². The van der Waals surface area contributed by atoms with Crippen LogP contribution in [0.15, 0.2) is 59.4 Å². The van der Waals surface area contributed by atoms with Gasteiger partial charge in [0.15, 0.2) is 0 Å². The van der Waals surface area contributed by atoms with Crippen molar-refractivity contribution in [2.24, 2.45) is 35.5 Å². The molecule has 0 amide bonds. The molecular formula is C38H62O9. The molecule has 0 aromatic carbocycles. The van der Waals surface area contributed by atoms with Crippen LogP contribution >= 0.6 is 0 Å². The number of aliphatic hydroxyl groups excluding tert-OH is 5. The van der Waals surface area contributed by atoms with Gasteiger partial charge in [0.25, 0.3) is 0 Å². The SMILES string of the molecule is C/C=C/[C@H]1OC([C@@H](C)[C@H](O)[C@H](C)C2OC(=O)/C(OC)=C/C(C)=C/[C@@H](C)[C@@H](O)[C@@H](CC)[C@@H](O)[C@H](C)C/C(C)=C/C=C/[C@@H]2O)C[C@@H](O)[C@@H]1C. The fourth-order valence-corrected chi connectivity index (χ4v) is 6.97. The Hall–Kier alpha value is -2.27. The van der Waals surface area contributed by atoms with Crippen molar-refractivity contribution in [1.29, 1.82) is 0 Å². The zero-order valence-corrected chi connectivity index (χ0v) is 30.1. The molecule has 1 saturated heterocycles. The molecule has 0 aromatic rings. The molecule has 2 heterocycles. The molecule has 0 aliphatic carbocycles. The Labute approximate surface area is 282 Å². The first kappa shape index (κ1) is 40.9. The third-order valence-electron chi connectivity index (χ3n) is 10.2. The van der Waals surface area contributed by atoms with Crippen LogP contribution in [-0.2, 0) is 19.0 Å². The maximum atomic E-state index is 13.5. The number of allylic oxidation sites excluding steroid dienone is 6. The van der Waals surface area contributed by atoms with Crippen LogP contribution in [-0.4, -0.2) is 87.4 Å². The van der Waals surface area contributed by atoms with Gasteiger partial charge in [-0.05, 0) is 45.6 Å². The molecular weight excluding hydrogens is 600 g/mol. The number of hydrogen-bond donors (Lipinski definition) is 5. The summed E-state index contributed by atoms with van der Waals surface area (Å²) in [5.74, 6) is -3.01. The Morgan fingerprint density at radius 2 is 1.72 bits per heavy atom. The van der Waals surface area contributed by atoms with Crippen molar-refractivity contribution in [2.45, 2.75) is 130 Å². The van der Waals surface area contributed by atoms with Crippen molar-refractivity contribution in [3.05, 3.63) is 59.4 Å². The Morgan fingerprint density at radius 1 is 1.06 bits per heavy atom. The minimum atomic E-state index is -1.27. The number of esters is 1. The Kier molecular flexibility index (Phi) is 16.6. The van der Waals surface area contributed by atoms with Crippen LogP contribution in [0.4, 0.5) is 0 Å². The predicted molar refractivity (Wildman–Crippen MR) is 184 cm³/mol. The topological polar surface area (TPSA) is 146 Å². The van der Waals surface area contributed by atoms with Crippen molar-refractivity contribution in [3.63, 3.8) is 0 Å². The third kappa shape index (κ3) is 11.1. The number of methoxy groups -OCH3 is 1. The van der Waals surface area contributed by atoms with E-state index < -0.39 is 60.5 Å². The highest BCUT2D eigenvalue weighted by molar-refractivity contribution is 5.87. The highest BCUT2D eigenvalue weighted by Gasteiger charge is 2.42. The van der Waals surface area contributed by atoms with Gasteiger partial charge in [-0.3, -0.25) is 0 Å². The van der Waals surface area contributed by atoms with Crippen LogP contribution < -0.4 is 0 Å². The second kappa shape index (κ2) is 19.1. The summed E-state index contributed by atoms with van der Waals surface area (Å²) in [4.78, 5) is 13.5. The molecule has 1 fully saturated rings. The van der Waals surface area contributed by atoms with Gasteiger partial charge in [-0.2, -0.15) is 0 Å². The van der Waals surface area contributed by atoms with Crippen LogP contribution in [0.3, 0.4) is 0 Å². The first-order valence-electron chi connectivity index (χ1n) is 17.2. The number of aliphatic hydroxyl groups is 5. The van der Waals surface area contributed by atoms with Crippen LogP contribution in [0.25, 0.3) is 0 Å². The van der Waals surface area contributed by atoms with Gasteiger partial charge in [0.2, 0.25) is 5.76 Å². The summed E-state index contributed by atoms with van der Waals surface area (Å²) in [5.41, 5.74) is 1.62. The quantitative estimate of drug-likeness (QED) is 0.187. The Morgan fingerprint density at radius 3 is 2.32 bits per heavy atom. The minimum Gasteiger partial charge on any atom is -0.490 e. The van der Waals surface area contributed by atoms with Gasteiger partial charge in [0, 0.05) is 36.0 Å². The lowest BCUT2D eigenvalue weighted by molar-refractivity contribution is -0.169. The maximum Gasteiger partial charge on any atom is 0.373 e. The fourth-order valence-electron chi connectivity index (χ4n) is 6.97. The molecule has 14 atom stereocenters. The van der Waals surface area contributed by atoms with E-state index >= 15 is 0 Å². The van der Waals surface area contributed by atoms with Gasteiger partial charge < -0.3 is 39.7 Å². The van der Waals surface area contributed by atoms with E-state index in [9.17, 15) is 30.3 Å². The van der Waals surface area contributed by atoms with Gasteiger partial charge in [-0.15, -0.1) is 0 Å². The van der Waals surface area contributed by atoms with Gasteiger partial charge in [-0.25, -0.2) is 4.79 Å². The average Bonchev–Trinajstić information content (AvgIpc) is 3.02. The summed E-state index contributed by atoms with van der Waals surface area (Å²) in [6, 6.07) is 0.